The summed E-state index contributed by atoms with van der Waals surface area (Å²) in [6, 6.07) is 19.5. The maximum Gasteiger partial charge on any atom is 0.200 e. The standard InChI is InChI=1S/C23H22N5O2S/c1-31(29,30)22-7-3-4-18(15-22)17-10-12-27(13-11-17)26-20-6-2-5-19(14-20)23-25-24-16-28(23)21-8-9-21/h2-7,10-16,21,26H,8-9H2,1H3/q+1. The first-order valence-electron chi connectivity index (χ1n) is 10.1. The summed E-state index contributed by atoms with van der Waals surface area (Å²) in [6.07, 6.45) is 9.19. The van der Waals surface area contributed by atoms with Gasteiger partial charge < -0.3 is 4.57 Å². The Hall–Kier alpha value is -3.52. The summed E-state index contributed by atoms with van der Waals surface area (Å²) in [5.74, 6) is 0.886. The summed E-state index contributed by atoms with van der Waals surface area (Å²) in [4.78, 5) is 0.315. The Bertz CT molecular complexity index is 1340. The van der Waals surface area contributed by atoms with Gasteiger partial charge in [0.05, 0.1) is 10.6 Å². The zero-order valence-electron chi connectivity index (χ0n) is 17.0. The highest BCUT2D eigenvalue weighted by Gasteiger charge is 2.26. The van der Waals surface area contributed by atoms with Gasteiger partial charge in [0.1, 0.15) is 6.33 Å². The Morgan fingerprint density at radius 3 is 2.45 bits per heavy atom. The number of sulfone groups is 1. The van der Waals surface area contributed by atoms with E-state index < -0.39 is 9.84 Å². The molecule has 0 unspecified atom stereocenters. The molecule has 2 aromatic heterocycles. The zero-order valence-corrected chi connectivity index (χ0v) is 17.8. The van der Waals surface area contributed by atoms with Crippen molar-refractivity contribution in [1.29, 1.82) is 0 Å². The molecule has 0 bridgehead atoms. The van der Waals surface area contributed by atoms with Gasteiger partial charge in [-0.2, -0.15) is 5.43 Å². The lowest BCUT2D eigenvalue weighted by Gasteiger charge is -2.07. The van der Waals surface area contributed by atoms with Gasteiger partial charge in [-0.1, -0.05) is 28.9 Å². The maximum atomic E-state index is 11.8. The highest BCUT2D eigenvalue weighted by molar-refractivity contribution is 7.90. The zero-order chi connectivity index (χ0) is 21.4. The van der Waals surface area contributed by atoms with Crippen molar-refractivity contribution in [1.82, 2.24) is 14.8 Å². The average Bonchev–Trinajstić information content (AvgIpc) is 3.50. The predicted molar refractivity (Wildman–Crippen MR) is 118 cm³/mol. The molecule has 5 rings (SSSR count). The fourth-order valence-corrected chi connectivity index (χ4v) is 4.21. The molecule has 2 aromatic carbocycles. The van der Waals surface area contributed by atoms with Gasteiger partial charge >= 0.3 is 0 Å². The molecule has 8 heteroatoms. The van der Waals surface area contributed by atoms with Crippen molar-refractivity contribution >= 4 is 15.5 Å². The van der Waals surface area contributed by atoms with Crippen LogP contribution in [-0.2, 0) is 9.84 Å². The second-order valence-electron chi connectivity index (χ2n) is 7.78. The molecule has 156 valence electrons. The Balaban J connectivity index is 1.36. The second-order valence-corrected chi connectivity index (χ2v) is 9.80. The molecule has 0 radical (unpaired) electrons. The van der Waals surface area contributed by atoms with Crippen molar-refractivity contribution in [2.45, 2.75) is 23.8 Å². The first-order chi connectivity index (χ1) is 15.0. The molecule has 0 atom stereocenters. The number of rotatable bonds is 6. The molecule has 2 heterocycles. The van der Waals surface area contributed by atoms with Crippen LogP contribution >= 0.6 is 0 Å². The van der Waals surface area contributed by atoms with E-state index in [1.165, 1.54) is 19.1 Å². The normalized spacial score (nSPS) is 13.8. The molecule has 1 aliphatic carbocycles. The van der Waals surface area contributed by atoms with Crippen molar-refractivity contribution in [3.8, 4) is 22.5 Å². The van der Waals surface area contributed by atoms with E-state index in [1.54, 1.807) is 24.5 Å². The van der Waals surface area contributed by atoms with Gasteiger partial charge in [-0.3, -0.25) is 0 Å². The minimum absolute atomic E-state index is 0.315. The van der Waals surface area contributed by atoms with Crippen molar-refractivity contribution < 1.29 is 13.1 Å². The fourth-order valence-electron chi connectivity index (χ4n) is 3.55. The molecule has 1 aliphatic rings. The van der Waals surface area contributed by atoms with Crippen LogP contribution in [0.2, 0.25) is 0 Å². The van der Waals surface area contributed by atoms with Gasteiger partial charge in [0.15, 0.2) is 28.1 Å². The molecule has 0 saturated heterocycles. The highest BCUT2D eigenvalue weighted by Crippen LogP contribution is 2.37. The van der Waals surface area contributed by atoms with Crippen molar-refractivity contribution in [3.05, 3.63) is 79.4 Å². The third-order valence-electron chi connectivity index (χ3n) is 5.32. The van der Waals surface area contributed by atoms with Crippen molar-refractivity contribution in [2.24, 2.45) is 0 Å². The summed E-state index contributed by atoms with van der Waals surface area (Å²) < 4.78 is 27.6. The van der Waals surface area contributed by atoms with Crippen LogP contribution in [0, 0.1) is 0 Å². The Kier molecular flexibility index (Phi) is 4.78. The number of hydrogen-bond donors (Lipinski definition) is 1. The van der Waals surface area contributed by atoms with Gasteiger partial charge in [-0.15, -0.1) is 10.2 Å². The van der Waals surface area contributed by atoms with Crippen LogP contribution in [0.25, 0.3) is 22.5 Å². The molecule has 0 aliphatic heterocycles. The maximum absolute atomic E-state index is 11.8. The third kappa shape index (κ3) is 4.20. The number of aromatic nitrogens is 4. The van der Waals surface area contributed by atoms with Crippen LogP contribution in [0.1, 0.15) is 18.9 Å². The topological polar surface area (TPSA) is 80.8 Å². The van der Waals surface area contributed by atoms with Crippen LogP contribution < -0.4 is 10.1 Å². The molecule has 1 fully saturated rings. The summed E-state index contributed by atoms with van der Waals surface area (Å²) in [6.45, 7) is 0. The Labute approximate surface area is 180 Å². The molecule has 4 aromatic rings. The molecule has 0 spiro atoms. The first kappa shape index (κ1) is 19.4. The number of pyridine rings is 1. The third-order valence-corrected chi connectivity index (χ3v) is 6.43. The summed E-state index contributed by atoms with van der Waals surface area (Å²) in [5, 5.41) is 8.38. The largest absolute Gasteiger partial charge is 0.310 e. The van der Waals surface area contributed by atoms with Gasteiger partial charge in [0.25, 0.3) is 0 Å². The minimum atomic E-state index is -3.24. The number of hydrogen-bond acceptors (Lipinski definition) is 5. The molecule has 1 saturated carbocycles. The number of nitrogens with zero attached hydrogens (tertiary/aromatic N) is 4. The summed E-state index contributed by atoms with van der Waals surface area (Å²) in [5.41, 5.74) is 7.09. The average molecular weight is 433 g/mol. The molecular formula is C23H22N5O2S+. The van der Waals surface area contributed by atoms with Crippen LogP contribution in [0.4, 0.5) is 5.69 Å². The summed E-state index contributed by atoms with van der Waals surface area (Å²) >= 11 is 0. The van der Waals surface area contributed by atoms with E-state index in [0.717, 1.165) is 28.2 Å². The number of nitrogens with one attached hydrogen (secondary N) is 1. The lowest BCUT2D eigenvalue weighted by molar-refractivity contribution is -0.642. The van der Waals surface area contributed by atoms with Gasteiger partial charge in [0, 0.05) is 30.0 Å². The number of benzene rings is 2. The molecule has 31 heavy (non-hydrogen) atoms. The second kappa shape index (κ2) is 7.63. The SMILES string of the molecule is CS(=O)(=O)c1cccc(-c2cc[n+](Nc3cccc(-c4nncn4C4CC4)c3)cc2)c1. The van der Waals surface area contributed by atoms with Crippen LogP contribution in [-0.4, -0.2) is 29.4 Å². The molecular weight excluding hydrogens is 410 g/mol. The lowest BCUT2D eigenvalue weighted by Crippen LogP contribution is -2.41. The quantitative estimate of drug-likeness (QED) is 0.472. The Morgan fingerprint density at radius 2 is 1.71 bits per heavy atom. The fraction of sp³-hybridized carbons (Fsp3) is 0.174. The Morgan fingerprint density at radius 1 is 0.968 bits per heavy atom. The lowest BCUT2D eigenvalue weighted by atomic mass is 10.1. The van der Waals surface area contributed by atoms with E-state index in [9.17, 15) is 8.42 Å². The smallest absolute Gasteiger partial charge is 0.200 e. The molecule has 0 amide bonds. The number of anilines is 1. The van der Waals surface area contributed by atoms with E-state index in [-0.39, 0.29) is 0 Å². The van der Waals surface area contributed by atoms with Gasteiger partial charge in [0.2, 0.25) is 0 Å². The first-order valence-corrected chi connectivity index (χ1v) is 12.0. The summed E-state index contributed by atoms with van der Waals surface area (Å²) in [7, 11) is -3.24. The van der Waals surface area contributed by atoms with E-state index in [4.69, 9.17) is 0 Å². The minimum Gasteiger partial charge on any atom is -0.310 e. The predicted octanol–water partition coefficient (Wildman–Crippen LogP) is 3.51. The molecule has 7 nitrogen and oxygen atoms in total. The van der Waals surface area contributed by atoms with Crippen molar-refractivity contribution in [2.75, 3.05) is 11.7 Å². The van der Waals surface area contributed by atoms with Crippen LogP contribution in [0.15, 0.2) is 84.3 Å². The molecule has 1 N–H and O–H groups in total. The van der Waals surface area contributed by atoms with Gasteiger partial charge in [-0.25, -0.2) is 8.42 Å². The van der Waals surface area contributed by atoms with Crippen LogP contribution in [0.3, 0.4) is 0 Å². The van der Waals surface area contributed by atoms with E-state index in [2.05, 4.69) is 26.3 Å². The van der Waals surface area contributed by atoms with E-state index in [1.807, 2.05) is 53.5 Å². The van der Waals surface area contributed by atoms with Gasteiger partial charge in [-0.05, 0) is 48.2 Å². The van der Waals surface area contributed by atoms with E-state index >= 15 is 0 Å². The van der Waals surface area contributed by atoms with E-state index in [0.29, 0.717) is 10.9 Å². The highest BCUT2D eigenvalue weighted by atomic mass is 32.2. The van der Waals surface area contributed by atoms with Crippen molar-refractivity contribution in [3.63, 3.8) is 0 Å². The van der Waals surface area contributed by atoms with Crippen LogP contribution in [0.5, 0.6) is 0 Å². The monoisotopic (exact) mass is 432 g/mol.